The zero-order valence-corrected chi connectivity index (χ0v) is 20.4. The molecule has 1 fully saturated rings. The molecule has 1 amide bonds. The van der Waals surface area contributed by atoms with E-state index in [1.54, 1.807) is 12.1 Å². The van der Waals surface area contributed by atoms with Crippen molar-refractivity contribution in [2.45, 2.75) is 71.7 Å². The summed E-state index contributed by atoms with van der Waals surface area (Å²) in [4.78, 5) is 16.3. The van der Waals surface area contributed by atoms with Gasteiger partial charge in [-0.05, 0) is 69.6 Å². The summed E-state index contributed by atoms with van der Waals surface area (Å²) in [5, 5.41) is 8.28. The molecule has 3 aromatic rings. The van der Waals surface area contributed by atoms with Gasteiger partial charge in [0.1, 0.15) is 17.1 Å². The molecular formula is C26H31F3N4O2. The third-order valence-electron chi connectivity index (χ3n) is 6.56. The number of hydrogen-bond donors (Lipinski definition) is 1. The lowest BCUT2D eigenvalue weighted by Crippen LogP contribution is -2.21. The highest BCUT2D eigenvalue weighted by Crippen LogP contribution is 2.37. The minimum absolute atomic E-state index is 0.178. The number of nitrogens with zero attached hydrogens (tertiary/aromatic N) is 3. The summed E-state index contributed by atoms with van der Waals surface area (Å²) in [5.74, 6) is 1.08. The number of fused-ring (bicyclic) bond motifs is 1. The van der Waals surface area contributed by atoms with E-state index in [4.69, 9.17) is 9.84 Å². The Morgan fingerprint density at radius 2 is 1.83 bits per heavy atom. The van der Waals surface area contributed by atoms with Gasteiger partial charge in [-0.15, -0.1) is 0 Å². The fraction of sp³-hybridized carbons (Fsp3) is 0.500. The molecule has 6 nitrogen and oxygen atoms in total. The van der Waals surface area contributed by atoms with Crippen molar-refractivity contribution in [3.05, 3.63) is 47.9 Å². The number of aromatic nitrogens is 3. The molecule has 0 atom stereocenters. The SMILES string of the molecule is CC(C)Oc1cc2nn([C@H]3CC[C@H](C(C)C)CC3)cc2cc1NC(=O)c1cccc(C(F)(F)F)n1. The summed E-state index contributed by atoms with van der Waals surface area (Å²) >= 11 is 0. The number of hydrogen-bond acceptors (Lipinski definition) is 4. The first-order chi connectivity index (χ1) is 16.5. The van der Waals surface area contributed by atoms with Crippen LogP contribution in [-0.2, 0) is 6.18 Å². The van der Waals surface area contributed by atoms with Crippen molar-refractivity contribution in [3.8, 4) is 5.75 Å². The second kappa shape index (κ2) is 9.87. The van der Waals surface area contributed by atoms with Crippen molar-refractivity contribution in [1.82, 2.24) is 14.8 Å². The van der Waals surface area contributed by atoms with Gasteiger partial charge in [-0.25, -0.2) is 4.98 Å². The van der Waals surface area contributed by atoms with E-state index in [2.05, 4.69) is 24.1 Å². The summed E-state index contributed by atoms with van der Waals surface area (Å²) in [6, 6.07) is 7.08. The first-order valence-corrected chi connectivity index (χ1v) is 12.1. The number of carbonyl (C=O) groups is 1. The van der Waals surface area contributed by atoms with Gasteiger partial charge in [-0.3, -0.25) is 9.48 Å². The lowest BCUT2D eigenvalue weighted by Gasteiger charge is -2.30. The molecule has 2 heterocycles. The molecular weight excluding hydrogens is 457 g/mol. The molecule has 0 radical (unpaired) electrons. The molecule has 1 aliphatic rings. The molecule has 0 aliphatic heterocycles. The Hall–Kier alpha value is -3.10. The van der Waals surface area contributed by atoms with Crippen LogP contribution in [0.5, 0.6) is 5.75 Å². The molecule has 35 heavy (non-hydrogen) atoms. The predicted octanol–water partition coefficient (Wildman–Crippen LogP) is 6.88. The van der Waals surface area contributed by atoms with E-state index in [1.165, 1.54) is 18.9 Å². The van der Waals surface area contributed by atoms with E-state index in [1.807, 2.05) is 24.7 Å². The Kier molecular flexibility index (Phi) is 7.05. The number of ether oxygens (including phenoxy) is 1. The Bertz CT molecular complexity index is 1200. The van der Waals surface area contributed by atoms with Crippen molar-refractivity contribution >= 4 is 22.5 Å². The molecule has 0 unspecified atom stereocenters. The number of carbonyl (C=O) groups excluding carboxylic acids is 1. The van der Waals surface area contributed by atoms with Crippen molar-refractivity contribution in [3.63, 3.8) is 0 Å². The number of benzene rings is 1. The number of nitrogens with one attached hydrogen (secondary N) is 1. The Morgan fingerprint density at radius 3 is 2.46 bits per heavy atom. The number of anilines is 1. The van der Waals surface area contributed by atoms with E-state index in [0.717, 1.165) is 41.8 Å². The second-order valence-electron chi connectivity index (χ2n) is 9.86. The monoisotopic (exact) mass is 488 g/mol. The molecule has 2 aromatic heterocycles. The minimum Gasteiger partial charge on any atom is -0.489 e. The molecule has 1 aliphatic carbocycles. The summed E-state index contributed by atoms with van der Waals surface area (Å²) in [6.07, 6.45) is 1.63. The largest absolute Gasteiger partial charge is 0.489 e. The fourth-order valence-corrected chi connectivity index (χ4v) is 4.65. The van der Waals surface area contributed by atoms with Crippen LogP contribution in [0, 0.1) is 11.8 Å². The molecule has 188 valence electrons. The van der Waals surface area contributed by atoms with Crippen LogP contribution in [0.2, 0.25) is 0 Å². The maximum atomic E-state index is 13.0. The zero-order chi connectivity index (χ0) is 25.3. The van der Waals surface area contributed by atoms with Gasteiger partial charge >= 0.3 is 6.18 Å². The van der Waals surface area contributed by atoms with E-state index in [0.29, 0.717) is 23.4 Å². The standard InChI is InChI=1S/C26H31F3N4O2/c1-15(2)17-8-10-19(11-9-17)33-14-18-12-22(23(35-16(3)4)13-21(18)32-33)31-25(34)20-6-5-7-24(30-20)26(27,28)29/h5-7,12-17,19H,8-11H2,1-4H3,(H,31,34)/t17-,19-. The quantitative estimate of drug-likeness (QED) is 0.411. The van der Waals surface area contributed by atoms with Crippen LogP contribution in [-0.4, -0.2) is 26.8 Å². The third-order valence-corrected chi connectivity index (χ3v) is 6.56. The summed E-state index contributed by atoms with van der Waals surface area (Å²) < 4.78 is 47.0. The van der Waals surface area contributed by atoms with Crippen LogP contribution in [0.3, 0.4) is 0 Å². The predicted molar refractivity (Wildman–Crippen MR) is 129 cm³/mol. The van der Waals surface area contributed by atoms with Gasteiger partial charge in [0.05, 0.1) is 23.3 Å². The van der Waals surface area contributed by atoms with Gasteiger partial charge < -0.3 is 10.1 Å². The maximum absolute atomic E-state index is 13.0. The topological polar surface area (TPSA) is 69.0 Å². The third kappa shape index (κ3) is 5.77. The van der Waals surface area contributed by atoms with Gasteiger partial charge in [-0.2, -0.15) is 18.3 Å². The Balaban J connectivity index is 1.61. The fourth-order valence-electron chi connectivity index (χ4n) is 4.65. The van der Waals surface area contributed by atoms with Crippen LogP contribution in [0.15, 0.2) is 36.5 Å². The summed E-state index contributed by atoms with van der Waals surface area (Å²) in [5.41, 5.74) is -0.346. The van der Waals surface area contributed by atoms with Crippen molar-refractivity contribution in [2.75, 3.05) is 5.32 Å². The van der Waals surface area contributed by atoms with Crippen molar-refractivity contribution in [1.29, 1.82) is 0 Å². The second-order valence-corrected chi connectivity index (χ2v) is 9.86. The van der Waals surface area contributed by atoms with E-state index in [9.17, 15) is 18.0 Å². The van der Waals surface area contributed by atoms with Crippen LogP contribution in [0.1, 0.15) is 75.6 Å². The van der Waals surface area contributed by atoms with E-state index in [-0.39, 0.29) is 11.8 Å². The zero-order valence-electron chi connectivity index (χ0n) is 20.4. The normalized spacial score (nSPS) is 18.9. The minimum atomic E-state index is -4.63. The summed E-state index contributed by atoms with van der Waals surface area (Å²) in [7, 11) is 0. The Morgan fingerprint density at radius 1 is 1.11 bits per heavy atom. The molecule has 0 saturated heterocycles. The molecule has 1 saturated carbocycles. The van der Waals surface area contributed by atoms with Gasteiger partial charge in [0.2, 0.25) is 0 Å². The average molecular weight is 489 g/mol. The first-order valence-electron chi connectivity index (χ1n) is 12.1. The lowest BCUT2D eigenvalue weighted by molar-refractivity contribution is -0.141. The highest BCUT2D eigenvalue weighted by atomic mass is 19.4. The van der Waals surface area contributed by atoms with E-state index >= 15 is 0 Å². The van der Waals surface area contributed by atoms with E-state index < -0.39 is 17.8 Å². The molecule has 0 bridgehead atoms. The van der Waals surface area contributed by atoms with Gasteiger partial charge in [0.25, 0.3) is 5.91 Å². The van der Waals surface area contributed by atoms with Crippen molar-refractivity contribution in [2.24, 2.45) is 11.8 Å². The van der Waals surface area contributed by atoms with Crippen LogP contribution >= 0.6 is 0 Å². The first kappa shape index (κ1) is 25.0. The number of halogens is 3. The molecule has 1 N–H and O–H groups in total. The highest BCUT2D eigenvalue weighted by molar-refractivity contribution is 6.05. The van der Waals surface area contributed by atoms with Crippen LogP contribution in [0.25, 0.3) is 10.9 Å². The molecule has 4 rings (SSSR count). The van der Waals surface area contributed by atoms with Crippen LogP contribution in [0.4, 0.5) is 18.9 Å². The van der Waals surface area contributed by atoms with Gasteiger partial charge in [-0.1, -0.05) is 19.9 Å². The number of alkyl halides is 3. The average Bonchev–Trinajstić information content (AvgIpc) is 3.21. The van der Waals surface area contributed by atoms with Gasteiger partial charge in [0, 0.05) is 17.6 Å². The van der Waals surface area contributed by atoms with Crippen molar-refractivity contribution < 1.29 is 22.7 Å². The maximum Gasteiger partial charge on any atom is 0.433 e. The molecule has 0 spiro atoms. The van der Waals surface area contributed by atoms with Crippen LogP contribution < -0.4 is 10.1 Å². The smallest absolute Gasteiger partial charge is 0.433 e. The molecule has 9 heteroatoms. The number of amides is 1. The lowest BCUT2D eigenvalue weighted by atomic mass is 9.80. The summed E-state index contributed by atoms with van der Waals surface area (Å²) in [6.45, 7) is 8.26. The number of pyridine rings is 1. The van der Waals surface area contributed by atoms with Gasteiger partial charge in [0.15, 0.2) is 0 Å². The Labute approximate surface area is 202 Å². The number of rotatable bonds is 6. The molecule has 1 aromatic carbocycles. The highest BCUT2D eigenvalue weighted by Gasteiger charge is 2.33.